The molecule has 142 valence electrons. The summed E-state index contributed by atoms with van der Waals surface area (Å²) in [4.78, 5) is 2.37. The number of benzene rings is 6. The minimum atomic E-state index is 1.16. The number of aryl methyl sites for hydroxylation is 1. The molecule has 6 rings (SSSR count). The molecule has 30 heavy (non-hydrogen) atoms. The first-order valence-electron chi connectivity index (χ1n) is 10.4. The summed E-state index contributed by atoms with van der Waals surface area (Å²) in [5.74, 6) is 0. The van der Waals surface area contributed by atoms with Gasteiger partial charge < -0.3 is 4.90 Å². The van der Waals surface area contributed by atoms with Gasteiger partial charge in [-0.15, -0.1) is 0 Å². The zero-order valence-corrected chi connectivity index (χ0v) is 16.8. The van der Waals surface area contributed by atoms with Crippen molar-refractivity contribution in [3.63, 3.8) is 0 Å². The number of para-hydroxylation sites is 1. The van der Waals surface area contributed by atoms with Crippen molar-refractivity contribution in [2.45, 2.75) is 6.92 Å². The Bertz CT molecular complexity index is 1480. The van der Waals surface area contributed by atoms with Crippen LogP contribution in [0, 0.1) is 6.92 Å². The van der Waals surface area contributed by atoms with Crippen molar-refractivity contribution in [3.05, 3.63) is 115 Å². The van der Waals surface area contributed by atoms with Crippen molar-refractivity contribution in [2.24, 2.45) is 0 Å². The van der Waals surface area contributed by atoms with Crippen LogP contribution in [-0.4, -0.2) is 0 Å². The van der Waals surface area contributed by atoms with Crippen LogP contribution in [0.2, 0.25) is 0 Å². The molecule has 0 heterocycles. The maximum absolute atomic E-state index is 2.37. The fourth-order valence-electron chi connectivity index (χ4n) is 4.69. The Morgan fingerprint density at radius 3 is 1.90 bits per heavy atom. The van der Waals surface area contributed by atoms with Crippen molar-refractivity contribution in [2.75, 3.05) is 4.90 Å². The van der Waals surface area contributed by atoms with Gasteiger partial charge in [-0.05, 0) is 69.8 Å². The van der Waals surface area contributed by atoms with Crippen LogP contribution < -0.4 is 4.90 Å². The molecule has 0 saturated heterocycles. The topological polar surface area (TPSA) is 3.24 Å². The Hall–Kier alpha value is -3.84. The highest BCUT2D eigenvalue weighted by Gasteiger charge is 2.17. The number of anilines is 3. The lowest BCUT2D eigenvalue weighted by atomic mass is 9.93. The maximum Gasteiger partial charge on any atom is 0.0540 e. The molecular weight excluding hydrogens is 362 g/mol. The van der Waals surface area contributed by atoms with Gasteiger partial charge in [0, 0.05) is 16.8 Å². The van der Waals surface area contributed by atoms with Crippen LogP contribution >= 0.6 is 0 Å². The largest absolute Gasteiger partial charge is 0.310 e. The van der Waals surface area contributed by atoms with E-state index in [0.717, 1.165) is 5.69 Å². The fraction of sp³-hybridized carbons (Fsp3) is 0.0345. The molecule has 0 spiro atoms. The fourth-order valence-corrected chi connectivity index (χ4v) is 4.69. The van der Waals surface area contributed by atoms with Crippen molar-refractivity contribution >= 4 is 49.4 Å². The van der Waals surface area contributed by atoms with E-state index >= 15 is 0 Å². The molecule has 0 amide bonds. The summed E-state index contributed by atoms with van der Waals surface area (Å²) in [5, 5.41) is 7.86. The molecule has 6 aromatic rings. The molecule has 0 aliphatic heterocycles. The van der Waals surface area contributed by atoms with Gasteiger partial charge in [-0.1, -0.05) is 78.9 Å². The van der Waals surface area contributed by atoms with Gasteiger partial charge in [-0.25, -0.2) is 0 Å². The number of rotatable bonds is 3. The smallest absolute Gasteiger partial charge is 0.0540 e. The molecule has 0 radical (unpaired) electrons. The second kappa shape index (κ2) is 6.60. The van der Waals surface area contributed by atoms with E-state index in [1.807, 2.05) is 0 Å². The second-order valence-electron chi connectivity index (χ2n) is 7.95. The SMILES string of the molecule is Cc1cccc(N(c2ccccc2)c2ccc3ccc4cccc5ccc2c3c45)c1. The lowest BCUT2D eigenvalue weighted by Gasteiger charge is -2.28. The Labute approximate surface area is 176 Å². The van der Waals surface area contributed by atoms with Crippen LogP contribution in [0.1, 0.15) is 5.56 Å². The van der Waals surface area contributed by atoms with Gasteiger partial charge >= 0.3 is 0 Å². The molecule has 0 N–H and O–H groups in total. The van der Waals surface area contributed by atoms with E-state index in [2.05, 4.69) is 121 Å². The third-order valence-corrected chi connectivity index (χ3v) is 6.02. The molecule has 6 aromatic carbocycles. The van der Waals surface area contributed by atoms with Gasteiger partial charge in [0.1, 0.15) is 0 Å². The zero-order chi connectivity index (χ0) is 20.1. The summed E-state index contributed by atoms with van der Waals surface area (Å²) >= 11 is 0. The predicted octanol–water partition coefficient (Wildman–Crippen LogP) is 8.36. The average Bonchev–Trinajstić information content (AvgIpc) is 2.79. The Kier molecular flexibility index (Phi) is 3.75. The molecular formula is C29H21N. The zero-order valence-electron chi connectivity index (χ0n) is 16.8. The number of hydrogen-bond acceptors (Lipinski definition) is 1. The average molecular weight is 383 g/mol. The lowest BCUT2D eigenvalue weighted by molar-refractivity contribution is 1.28. The van der Waals surface area contributed by atoms with Crippen molar-refractivity contribution in [1.29, 1.82) is 0 Å². The number of hydrogen-bond donors (Lipinski definition) is 0. The van der Waals surface area contributed by atoms with E-state index in [4.69, 9.17) is 0 Å². The van der Waals surface area contributed by atoms with E-state index in [-0.39, 0.29) is 0 Å². The highest BCUT2D eigenvalue weighted by molar-refractivity contribution is 6.25. The molecule has 0 bridgehead atoms. The summed E-state index contributed by atoms with van der Waals surface area (Å²) in [6, 6.07) is 39.5. The molecule has 0 aromatic heterocycles. The van der Waals surface area contributed by atoms with E-state index in [1.165, 1.54) is 49.3 Å². The van der Waals surface area contributed by atoms with Crippen molar-refractivity contribution in [1.82, 2.24) is 0 Å². The summed E-state index contributed by atoms with van der Waals surface area (Å²) in [5.41, 5.74) is 4.80. The van der Waals surface area contributed by atoms with Crippen molar-refractivity contribution < 1.29 is 0 Å². The summed E-state index contributed by atoms with van der Waals surface area (Å²) < 4.78 is 0. The van der Waals surface area contributed by atoms with Crippen LogP contribution in [0.15, 0.2) is 109 Å². The highest BCUT2D eigenvalue weighted by atomic mass is 15.1. The molecule has 1 heteroatoms. The Morgan fingerprint density at radius 2 is 1.13 bits per heavy atom. The van der Waals surface area contributed by atoms with E-state index in [9.17, 15) is 0 Å². The van der Waals surface area contributed by atoms with Gasteiger partial charge in [0.2, 0.25) is 0 Å². The monoisotopic (exact) mass is 383 g/mol. The van der Waals surface area contributed by atoms with Crippen LogP contribution in [-0.2, 0) is 0 Å². The normalized spacial score (nSPS) is 11.5. The van der Waals surface area contributed by atoms with Crippen molar-refractivity contribution in [3.8, 4) is 0 Å². The highest BCUT2D eigenvalue weighted by Crippen LogP contribution is 2.43. The Morgan fingerprint density at radius 1 is 0.500 bits per heavy atom. The molecule has 0 saturated carbocycles. The molecule has 0 aliphatic rings. The predicted molar refractivity (Wildman–Crippen MR) is 130 cm³/mol. The summed E-state index contributed by atoms with van der Waals surface area (Å²) in [7, 11) is 0. The standard InChI is InChI=1S/C29H21N/c1-20-7-5-12-25(19-20)30(24-10-3-2-4-11-24)27-18-16-23-14-13-21-8-6-9-22-15-17-26(27)29(23)28(21)22/h2-19H,1H3. The molecule has 0 unspecified atom stereocenters. The minimum Gasteiger partial charge on any atom is -0.310 e. The first-order chi connectivity index (χ1) is 14.8. The number of nitrogens with zero attached hydrogens (tertiary/aromatic N) is 1. The maximum atomic E-state index is 2.37. The van der Waals surface area contributed by atoms with Gasteiger partial charge in [-0.3, -0.25) is 0 Å². The van der Waals surface area contributed by atoms with Gasteiger partial charge in [0.15, 0.2) is 0 Å². The first kappa shape index (κ1) is 17.1. The van der Waals surface area contributed by atoms with Crippen LogP contribution in [0.5, 0.6) is 0 Å². The molecule has 0 aliphatic carbocycles. The summed E-state index contributed by atoms with van der Waals surface area (Å²) in [6.45, 7) is 2.15. The van der Waals surface area contributed by atoms with E-state index in [1.54, 1.807) is 0 Å². The molecule has 0 fully saturated rings. The third-order valence-electron chi connectivity index (χ3n) is 6.02. The molecule has 1 nitrogen and oxygen atoms in total. The van der Waals surface area contributed by atoms with Gasteiger partial charge in [-0.2, -0.15) is 0 Å². The lowest BCUT2D eigenvalue weighted by Crippen LogP contribution is -2.10. The first-order valence-corrected chi connectivity index (χ1v) is 10.4. The third kappa shape index (κ3) is 2.56. The minimum absolute atomic E-state index is 1.16. The second-order valence-corrected chi connectivity index (χ2v) is 7.95. The van der Waals surface area contributed by atoms with Crippen LogP contribution in [0.4, 0.5) is 17.1 Å². The summed E-state index contributed by atoms with van der Waals surface area (Å²) in [6.07, 6.45) is 0. The Balaban J connectivity index is 1.72. The van der Waals surface area contributed by atoms with E-state index in [0.29, 0.717) is 0 Å². The van der Waals surface area contributed by atoms with Gasteiger partial charge in [0.25, 0.3) is 0 Å². The molecule has 0 atom stereocenters. The van der Waals surface area contributed by atoms with Crippen LogP contribution in [0.25, 0.3) is 32.3 Å². The van der Waals surface area contributed by atoms with Gasteiger partial charge in [0.05, 0.1) is 5.69 Å². The quantitative estimate of drug-likeness (QED) is 0.277. The van der Waals surface area contributed by atoms with E-state index < -0.39 is 0 Å². The van der Waals surface area contributed by atoms with Crippen LogP contribution in [0.3, 0.4) is 0 Å².